The van der Waals surface area contributed by atoms with Crippen molar-refractivity contribution >= 4 is 23.6 Å². The predicted octanol–water partition coefficient (Wildman–Crippen LogP) is 1.01. The summed E-state index contributed by atoms with van der Waals surface area (Å²) in [6, 6.07) is 8.93. The number of carbonyl (C=O) groups excluding carboxylic acids is 2. The molecular formula is C20H29N3O4Zn. The maximum absolute atomic E-state index is 8.89. The Balaban J connectivity index is 0.000000697. The average molecular weight is 441 g/mol. The second-order valence-electron chi connectivity index (χ2n) is 6.58. The van der Waals surface area contributed by atoms with E-state index in [1.165, 1.54) is 37.7 Å². The molecule has 1 aliphatic carbocycles. The second kappa shape index (κ2) is 15.0. The van der Waals surface area contributed by atoms with Crippen LogP contribution in [-0.2, 0) is 29.1 Å². The van der Waals surface area contributed by atoms with Gasteiger partial charge in [-0.25, -0.2) is 0 Å². The number of guanidine groups is 1. The van der Waals surface area contributed by atoms with E-state index in [4.69, 9.17) is 19.8 Å². The normalized spacial score (nSPS) is 15.7. The molecule has 7 nitrogen and oxygen atoms in total. The summed E-state index contributed by atoms with van der Waals surface area (Å²) in [6.45, 7) is 3.89. The molecule has 0 spiro atoms. The van der Waals surface area contributed by atoms with Gasteiger partial charge in [0.15, 0.2) is 5.96 Å². The van der Waals surface area contributed by atoms with Crippen LogP contribution in [0.2, 0.25) is 0 Å². The Morgan fingerprint density at radius 3 is 2.00 bits per heavy atom. The molecule has 28 heavy (non-hydrogen) atoms. The summed E-state index contributed by atoms with van der Waals surface area (Å²) in [6.07, 6.45) is 8.06. The third kappa shape index (κ3) is 12.4. The average Bonchev–Trinajstić information content (AvgIpc) is 2.63. The molecule has 1 fully saturated rings. The van der Waals surface area contributed by atoms with E-state index in [-0.39, 0.29) is 19.5 Å². The summed E-state index contributed by atoms with van der Waals surface area (Å²) in [5.41, 5.74) is 2.64. The minimum absolute atomic E-state index is 0. The Labute approximate surface area is 179 Å². The summed E-state index contributed by atoms with van der Waals surface area (Å²) in [5.74, 6) is -0.468. The Kier molecular flexibility index (Phi) is 14.0. The van der Waals surface area contributed by atoms with Crippen LogP contribution in [-0.4, -0.2) is 31.0 Å². The van der Waals surface area contributed by atoms with Crippen LogP contribution in [0.4, 0.5) is 5.69 Å². The van der Waals surface area contributed by atoms with E-state index >= 15 is 0 Å². The van der Waals surface area contributed by atoms with Crippen LogP contribution in [0.15, 0.2) is 29.3 Å². The minimum Gasteiger partial charge on any atom is -0.550 e. The van der Waals surface area contributed by atoms with Gasteiger partial charge in [0.1, 0.15) is 0 Å². The molecule has 0 radical (unpaired) electrons. The monoisotopic (exact) mass is 439 g/mol. The standard InChI is InChI=1S/C16H23N3.2C2H4O2.Zn/c1-2-5-13(6-3-1)14-7-9-15(10-8-14)19-16-17-11-4-12-18-16;2*1-2(3)4;/h7-10,13H,1-6,11-12H2,(H2,17,18,19);2*1H3,(H,3,4);/q;;;+2/p-2. The van der Waals surface area contributed by atoms with E-state index in [1.807, 2.05) is 0 Å². The van der Waals surface area contributed by atoms with Crippen molar-refractivity contribution in [1.29, 1.82) is 0 Å². The molecule has 1 aromatic carbocycles. The van der Waals surface area contributed by atoms with Gasteiger partial charge in [0.2, 0.25) is 0 Å². The molecule has 0 aromatic heterocycles. The second-order valence-corrected chi connectivity index (χ2v) is 6.58. The van der Waals surface area contributed by atoms with Crippen LogP contribution in [0.3, 0.4) is 0 Å². The fourth-order valence-electron chi connectivity index (χ4n) is 3.03. The van der Waals surface area contributed by atoms with Gasteiger partial charge in [0, 0.05) is 30.7 Å². The van der Waals surface area contributed by atoms with Gasteiger partial charge in [-0.1, -0.05) is 31.4 Å². The first-order valence-electron chi connectivity index (χ1n) is 9.39. The maximum atomic E-state index is 8.89. The number of benzene rings is 1. The SMILES string of the molecule is CC(=O)[O-].CC(=O)[O-].[Zn+2].c1cc(C2CCCCC2)ccc1NC1=NCCCN1. The number of hydrogen-bond donors (Lipinski definition) is 2. The zero-order valence-corrected chi connectivity index (χ0v) is 19.8. The molecule has 2 aliphatic rings. The molecule has 0 bridgehead atoms. The summed E-state index contributed by atoms with van der Waals surface area (Å²) < 4.78 is 0. The van der Waals surface area contributed by atoms with Crippen LogP contribution in [0.5, 0.6) is 0 Å². The third-order valence-corrected chi connectivity index (χ3v) is 4.15. The van der Waals surface area contributed by atoms with Gasteiger partial charge in [-0.3, -0.25) is 4.99 Å². The number of carbonyl (C=O) groups is 2. The van der Waals surface area contributed by atoms with Gasteiger partial charge in [-0.15, -0.1) is 0 Å². The Morgan fingerprint density at radius 2 is 1.54 bits per heavy atom. The molecule has 1 heterocycles. The number of carboxylic acid groups (broad SMARTS) is 2. The molecule has 8 heteroatoms. The van der Waals surface area contributed by atoms with Crippen LogP contribution in [0.1, 0.15) is 63.9 Å². The van der Waals surface area contributed by atoms with Gasteiger partial charge >= 0.3 is 19.5 Å². The van der Waals surface area contributed by atoms with E-state index in [2.05, 4.69) is 39.9 Å². The first-order valence-corrected chi connectivity index (χ1v) is 9.39. The van der Waals surface area contributed by atoms with Gasteiger partial charge in [0.25, 0.3) is 0 Å². The first kappa shape index (κ1) is 26.1. The topological polar surface area (TPSA) is 117 Å². The minimum atomic E-state index is -1.08. The van der Waals surface area contributed by atoms with Crippen molar-refractivity contribution in [2.75, 3.05) is 18.4 Å². The van der Waals surface area contributed by atoms with Crippen molar-refractivity contribution < 1.29 is 39.3 Å². The summed E-state index contributed by atoms with van der Waals surface area (Å²) in [4.78, 5) is 22.2. The van der Waals surface area contributed by atoms with Crippen LogP contribution < -0.4 is 20.8 Å². The molecule has 0 amide bonds. The van der Waals surface area contributed by atoms with Crippen LogP contribution in [0.25, 0.3) is 0 Å². The van der Waals surface area contributed by atoms with E-state index in [0.29, 0.717) is 0 Å². The van der Waals surface area contributed by atoms with Crippen LogP contribution in [0, 0.1) is 0 Å². The number of nitrogens with zero attached hydrogens (tertiary/aromatic N) is 1. The van der Waals surface area contributed by atoms with Gasteiger partial charge < -0.3 is 30.4 Å². The number of nitrogens with one attached hydrogen (secondary N) is 2. The Bertz CT molecular complexity index is 594. The number of carboxylic acids is 2. The van der Waals surface area contributed by atoms with Crippen molar-refractivity contribution in [3.63, 3.8) is 0 Å². The number of aliphatic carboxylic acids is 2. The molecular weight excluding hydrogens is 412 g/mol. The third-order valence-electron chi connectivity index (χ3n) is 4.15. The van der Waals surface area contributed by atoms with Crippen molar-refractivity contribution in [3.05, 3.63) is 29.8 Å². The van der Waals surface area contributed by atoms with Gasteiger partial charge in [0.05, 0.1) is 0 Å². The number of hydrogen-bond acceptors (Lipinski definition) is 7. The summed E-state index contributed by atoms with van der Waals surface area (Å²) >= 11 is 0. The number of rotatable bonds is 2. The molecule has 0 unspecified atom stereocenters. The van der Waals surface area contributed by atoms with E-state index in [0.717, 1.165) is 50.9 Å². The van der Waals surface area contributed by atoms with Crippen molar-refractivity contribution in [3.8, 4) is 0 Å². The fourth-order valence-corrected chi connectivity index (χ4v) is 3.03. The zero-order valence-electron chi connectivity index (χ0n) is 16.8. The van der Waals surface area contributed by atoms with Crippen molar-refractivity contribution in [2.45, 2.75) is 58.3 Å². The molecule has 2 N–H and O–H groups in total. The van der Waals surface area contributed by atoms with E-state index in [1.54, 1.807) is 0 Å². The largest absolute Gasteiger partial charge is 2.00 e. The molecule has 0 saturated heterocycles. The molecule has 0 atom stereocenters. The Morgan fingerprint density at radius 1 is 1.00 bits per heavy atom. The van der Waals surface area contributed by atoms with Gasteiger partial charge in [-0.05, 0) is 56.7 Å². The summed E-state index contributed by atoms with van der Waals surface area (Å²) in [5, 5.41) is 24.4. The Hall–Kier alpha value is -1.95. The molecule has 150 valence electrons. The molecule has 1 aliphatic heterocycles. The van der Waals surface area contributed by atoms with E-state index < -0.39 is 11.9 Å². The number of aliphatic imine (C=N–C) groups is 1. The smallest absolute Gasteiger partial charge is 0.550 e. The maximum Gasteiger partial charge on any atom is 2.00 e. The summed E-state index contributed by atoms with van der Waals surface area (Å²) in [7, 11) is 0. The van der Waals surface area contributed by atoms with Crippen LogP contribution >= 0.6 is 0 Å². The molecule has 3 rings (SSSR count). The predicted molar refractivity (Wildman–Crippen MR) is 102 cm³/mol. The fraction of sp³-hybridized carbons (Fsp3) is 0.550. The van der Waals surface area contributed by atoms with Crippen molar-refractivity contribution in [2.24, 2.45) is 4.99 Å². The van der Waals surface area contributed by atoms with Gasteiger partial charge in [-0.2, -0.15) is 0 Å². The van der Waals surface area contributed by atoms with Crippen molar-refractivity contribution in [1.82, 2.24) is 5.32 Å². The first-order chi connectivity index (χ1) is 12.9. The molecule has 1 aromatic rings. The quantitative estimate of drug-likeness (QED) is 0.663. The number of anilines is 1. The van der Waals surface area contributed by atoms with E-state index in [9.17, 15) is 0 Å². The zero-order chi connectivity index (χ0) is 20.1. The molecule has 1 saturated carbocycles.